The Balaban J connectivity index is 1.75. The summed E-state index contributed by atoms with van der Waals surface area (Å²) in [4.78, 5) is 37.7. The third-order valence-corrected chi connectivity index (χ3v) is 8.28. The number of cyclic esters (lactones) is 1. The molecule has 228 valence electrons. The molecule has 0 N–H and O–H groups in total. The zero-order valence-corrected chi connectivity index (χ0v) is 26.7. The first-order valence-corrected chi connectivity index (χ1v) is 15.1. The van der Waals surface area contributed by atoms with E-state index >= 15 is 0 Å². The lowest BCUT2D eigenvalue weighted by molar-refractivity contribution is -0.152. The molecule has 0 saturated carbocycles. The summed E-state index contributed by atoms with van der Waals surface area (Å²) in [5.41, 5.74) is 5.79. The number of amides is 2. The number of pyridine rings is 1. The minimum absolute atomic E-state index is 0.101. The van der Waals surface area contributed by atoms with Gasteiger partial charge >= 0.3 is 6.09 Å². The average Bonchev–Trinajstić information content (AvgIpc) is 3.45. The van der Waals surface area contributed by atoms with E-state index in [2.05, 4.69) is 9.41 Å². The minimum Gasteiger partial charge on any atom is -0.447 e. The largest absolute Gasteiger partial charge is 0.447 e. The fourth-order valence-corrected chi connectivity index (χ4v) is 6.06. The second-order valence-electron chi connectivity index (χ2n) is 12.2. The number of imide groups is 1. The van der Waals surface area contributed by atoms with Gasteiger partial charge in [0.05, 0.1) is 18.2 Å². The zero-order valence-electron chi connectivity index (χ0n) is 26.0. The molecule has 2 amide bonds. The number of aromatic nitrogens is 2. The van der Waals surface area contributed by atoms with Gasteiger partial charge in [-0.05, 0) is 76.8 Å². The molecule has 44 heavy (non-hydrogen) atoms. The van der Waals surface area contributed by atoms with E-state index in [4.69, 9.17) is 32.6 Å². The molecule has 8 nitrogen and oxygen atoms in total. The van der Waals surface area contributed by atoms with Gasteiger partial charge in [0.15, 0.2) is 6.10 Å². The van der Waals surface area contributed by atoms with Crippen molar-refractivity contribution in [3.05, 3.63) is 99.1 Å². The molecule has 0 aliphatic carbocycles. The second kappa shape index (κ2) is 12.4. The Morgan fingerprint density at radius 1 is 1.14 bits per heavy atom. The van der Waals surface area contributed by atoms with Crippen LogP contribution in [-0.2, 0) is 27.2 Å². The van der Waals surface area contributed by atoms with Gasteiger partial charge in [-0.15, -0.1) is 0 Å². The van der Waals surface area contributed by atoms with Crippen molar-refractivity contribution in [1.82, 2.24) is 14.5 Å². The monoisotopic (exact) mass is 612 g/mol. The third-order valence-electron chi connectivity index (χ3n) is 8.02. The summed E-state index contributed by atoms with van der Waals surface area (Å²) in [7, 11) is 0. The van der Waals surface area contributed by atoms with Gasteiger partial charge in [0.2, 0.25) is 6.54 Å². The first-order valence-electron chi connectivity index (χ1n) is 14.7. The molecule has 1 saturated heterocycles. The minimum atomic E-state index is -1.16. The summed E-state index contributed by atoms with van der Waals surface area (Å²) in [6.45, 7) is 19.8. The van der Waals surface area contributed by atoms with E-state index in [1.54, 1.807) is 0 Å². The molecule has 0 spiro atoms. The first kappa shape index (κ1) is 31.2. The van der Waals surface area contributed by atoms with E-state index in [9.17, 15) is 9.59 Å². The van der Waals surface area contributed by atoms with Crippen LogP contribution in [0.1, 0.15) is 55.0 Å². The van der Waals surface area contributed by atoms with Crippen LogP contribution in [0.4, 0.5) is 4.79 Å². The highest BCUT2D eigenvalue weighted by atomic mass is 35.5. The molecular formula is C35H37ClN4O4. The Bertz CT molecular complexity index is 1750. The van der Waals surface area contributed by atoms with Crippen LogP contribution in [0, 0.1) is 27.3 Å². The third kappa shape index (κ3) is 6.08. The number of carbonyl (C=O) groups excluding carboxylic acids is 2. The lowest BCUT2D eigenvalue weighted by Crippen LogP contribution is -2.45. The van der Waals surface area contributed by atoms with Crippen molar-refractivity contribution in [2.45, 2.75) is 72.3 Å². The SMILES string of the molecule is [C-]#[N+]CCn1c(C)c(C)c2c(-c3ccc(Cl)cc3)c([C@@H](OC(C)(C)C)C(=O)N3C(=O)OC[C@H]3Cc3ccccc3)c(C)nc21. The smallest absolute Gasteiger partial charge is 0.417 e. The second-order valence-corrected chi connectivity index (χ2v) is 12.6. The predicted molar refractivity (Wildman–Crippen MR) is 172 cm³/mol. The molecular weight excluding hydrogens is 576 g/mol. The lowest BCUT2D eigenvalue weighted by Gasteiger charge is -2.32. The predicted octanol–water partition coefficient (Wildman–Crippen LogP) is 7.65. The number of carbonyl (C=O) groups is 2. The summed E-state index contributed by atoms with van der Waals surface area (Å²) in [5, 5.41) is 1.46. The van der Waals surface area contributed by atoms with Crippen LogP contribution in [0.25, 0.3) is 27.0 Å². The van der Waals surface area contributed by atoms with Crippen LogP contribution in [0.2, 0.25) is 5.02 Å². The molecule has 5 rings (SSSR count). The Kier molecular flexibility index (Phi) is 8.83. The maximum atomic E-state index is 14.7. The number of hydrogen-bond acceptors (Lipinski definition) is 5. The molecule has 1 aliphatic heterocycles. The van der Waals surface area contributed by atoms with Crippen molar-refractivity contribution >= 4 is 34.6 Å². The topological polar surface area (TPSA) is 78.0 Å². The number of rotatable bonds is 8. The average molecular weight is 613 g/mol. The Morgan fingerprint density at radius 3 is 2.45 bits per heavy atom. The lowest BCUT2D eigenvalue weighted by atomic mass is 9.90. The normalized spacial score (nSPS) is 15.8. The molecule has 4 aromatic rings. The van der Waals surface area contributed by atoms with Crippen LogP contribution in [-0.4, -0.2) is 51.2 Å². The fraction of sp³-hybridized carbons (Fsp3) is 0.371. The van der Waals surface area contributed by atoms with Gasteiger partial charge in [0, 0.05) is 32.9 Å². The Labute approximate surface area is 263 Å². The maximum absolute atomic E-state index is 14.7. The molecule has 2 aromatic heterocycles. The van der Waals surface area contributed by atoms with Crippen molar-refractivity contribution in [3.8, 4) is 11.1 Å². The highest BCUT2D eigenvalue weighted by molar-refractivity contribution is 6.30. The first-order chi connectivity index (χ1) is 20.9. The van der Waals surface area contributed by atoms with Crippen LogP contribution >= 0.6 is 11.6 Å². The van der Waals surface area contributed by atoms with Crippen LogP contribution in [0.15, 0.2) is 54.6 Å². The van der Waals surface area contributed by atoms with E-state index in [0.29, 0.717) is 35.8 Å². The molecule has 1 fully saturated rings. The van der Waals surface area contributed by atoms with Gasteiger partial charge in [0.25, 0.3) is 5.91 Å². The molecule has 2 aromatic carbocycles. The van der Waals surface area contributed by atoms with Crippen LogP contribution in [0.3, 0.4) is 0 Å². The van der Waals surface area contributed by atoms with E-state index in [0.717, 1.165) is 39.0 Å². The fourth-order valence-electron chi connectivity index (χ4n) is 5.94. The summed E-state index contributed by atoms with van der Waals surface area (Å²) >= 11 is 6.31. The van der Waals surface area contributed by atoms with Crippen molar-refractivity contribution in [3.63, 3.8) is 0 Å². The van der Waals surface area contributed by atoms with Gasteiger partial charge in [-0.1, -0.05) is 54.1 Å². The molecule has 0 unspecified atom stereocenters. The maximum Gasteiger partial charge on any atom is 0.417 e. The van der Waals surface area contributed by atoms with E-state index < -0.39 is 29.7 Å². The summed E-state index contributed by atoms with van der Waals surface area (Å²) in [5.74, 6) is -0.496. The number of fused-ring (bicyclic) bond motifs is 1. The van der Waals surface area contributed by atoms with Crippen LogP contribution in [0.5, 0.6) is 0 Å². The van der Waals surface area contributed by atoms with E-state index in [-0.39, 0.29) is 6.61 Å². The molecule has 0 bridgehead atoms. The molecule has 3 heterocycles. The van der Waals surface area contributed by atoms with Gasteiger partial charge in [0.1, 0.15) is 12.3 Å². The number of ether oxygens (including phenoxy) is 2. The molecule has 0 radical (unpaired) electrons. The van der Waals surface area contributed by atoms with Crippen LogP contribution < -0.4 is 0 Å². The number of benzene rings is 2. The van der Waals surface area contributed by atoms with Crippen molar-refractivity contribution < 1.29 is 19.1 Å². The highest BCUT2D eigenvalue weighted by Crippen LogP contribution is 2.43. The number of hydrogen-bond donors (Lipinski definition) is 0. The van der Waals surface area contributed by atoms with E-state index in [1.807, 2.05) is 96.1 Å². The van der Waals surface area contributed by atoms with Gasteiger partial charge in [-0.3, -0.25) is 4.79 Å². The van der Waals surface area contributed by atoms with Gasteiger partial charge in [-0.25, -0.2) is 21.3 Å². The number of nitrogens with zero attached hydrogens (tertiary/aromatic N) is 4. The van der Waals surface area contributed by atoms with Gasteiger partial charge in [-0.2, -0.15) is 0 Å². The Morgan fingerprint density at radius 2 is 1.82 bits per heavy atom. The Hall–Kier alpha value is -4.19. The molecule has 9 heteroatoms. The summed E-state index contributed by atoms with van der Waals surface area (Å²) < 4.78 is 14.1. The quantitative estimate of drug-likeness (QED) is 0.191. The van der Waals surface area contributed by atoms with Gasteiger partial charge < -0.3 is 18.9 Å². The van der Waals surface area contributed by atoms with Crippen molar-refractivity contribution in [2.24, 2.45) is 0 Å². The van der Waals surface area contributed by atoms with Crippen molar-refractivity contribution in [2.75, 3.05) is 13.2 Å². The zero-order chi connectivity index (χ0) is 31.8. The summed E-state index contributed by atoms with van der Waals surface area (Å²) in [6.07, 6.45) is -1.38. The molecule has 2 atom stereocenters. The van der Waals surface area contributed by atoms with E-state index in [1.165, 1.54) is 4.90 Å². The molecule has 1 aliphatic rings. The number of aryl methyl sites for hydroxylation is 2. The highest BCUT2D eigenvalue weighted by Gasteiger charge is 2.44. The summed E-state index contributed by atoms with van der Waals surface area (Å²) in [6, 6.07) is 16.7. The standard InChI is InChI=1S/C35H37ClN4O4/c1-21-23(3)39(18-17-37-7)32-28(21)30(25-13-15-26(36)16-14-25)29(22(2)38-32)31(44-35(4,5)6)33(41)40-27(20-43-34(40)42)19-24-11-9-8-10-12-24/h8-16,27,31H,17-20H2,1-6H3/t27-,31-/m1/s1. The number of halogens is 1. The van der Waals surface area contributed by atoms with Crippen molar-refractivity contribution in [1.29, 1.82) is 0 Å².